The monoisotopic (exact) mass is 416 g/mol. The molecule has 2 aliphatic rings. The van der Waals surface area contributed by atoms with Crippen molar-refractivity contribution >= 4 is 17.8 Å². The number of hydrazine groups is 1. The fourth-order valence-electron chi connectivity index (χ4n) is 4.54. The van der Waals surface area contributed by atoms with Crippen molar-refractivity contribution in [1.29, 1.82) is 0 Å². The summed E-state index contributed by atoms with van der Waals surface area (Å²) in [6.07, 6.45) is 3.00. The van der Waals surface area contributed by atoms with Crippen LogP contribution in [0.15, 0.2) is 12.1 Å². The molecular formula is C22H32N4O4. The highest BCUT2D eigenvalue weighted by atomic mass is 16.5. The number of carbonyl (C=O) groups is 3. The Kier molecular flexibility index (Phi) is 6.36. The van der Waals surface area contributed by atoms with E-state index in [0.717, 1.165) is 40.3 Å². The molecule has 1 saturated carbocycles. The molecule has 1 saturated heterocycles. The smallest absolute Gasteiger partial charge is 0.344 e. The van der Waals surface area contributed by atoms with Gasteiger partial charge in [0.05, 0.1) is 13.7 Å². The number of carbonyl (C=O) groups excluding carboxylic acids is 3. The Morgan fingerprint density at radius 3 is 2.43 bits per heavy atom. The van der Waals surface area contributed by atoms with Gasteiger partial charge in [-0.15, -0.1) is 0 Å². The van der Waals surface area contributed by atoms with Gasteiger partial charge in [-0.2, -0.15) is 5.01 Å². The van der Waals surface area contributed by atoms with Gasteiger partial charge in [0.15, 0.2) is 0 Å². The fourth-order valence-corrected chi connectivity index (χ4v) is 4.54. The van der Waals surface area contributed by atoms with Crippen LogP contribution < -0.4 is 15.5 Å². The Bertz CT molecular complexity index is 823. The van der Waals surface area contributed by atoms with Crippen LogP contribution >= 0.6 is 0 Å². The van der Waals surface area contributed by atoms with E-state index in [-0.39, 0.29) is 12.5 Å². The largest absolute Gasteiger partial charge is 0.496 e. The number of urea groups is 1. The van der Waals surface area contributed by atoms with Crippen molar-refractivity contribution in [2.75, 3.05) is 20.7 Å². The van der Waals surface area contributed by atoms with Crippen LogP contribution in [0.25, 0.3) is 0 Å². The number of nitrogens with one attached hydrogen (secondary N) is 2. The molecule has 0 bridgehead atoms. The summed E-state index contributed by atoms with van der Waals surface area (Å²) in [6.45, 7) is 6.74. The van der Waals surface area contributed by atoms with Crippen LogP contribution in [0.2, 0.25) is 0 Å². The molecule has 0 radical (unpaired) electrons. The van der Waals surface area contributed by atoms with Crippen LogP contribution in [-0.2, 0) is 16.1 Å². The molecule has 2 N–H and O–H groups in total. The Balaban J connectivity index is 1.57. The molecule has 1 aliphatic heterocycles. The van der Waals surface area contributed by atoms with Gasteiger partial charge < -0.3 is 10.1 Å². The highest BCUT2D eigenvalue weighted by Gasteiger charge is 2.52. The fraction of sp³-hybridized carbons (Fsp3) is 0.591. The van der Waals surface area contributed by atoms with Gasteiger partial charge in [-0.3, -0.25) is 19.9 Å². The quantitative estimate of drug-likeness (QED) is 0.695. The molecule has 8 nitrogen and oxygen atoms in total. The second kappa shape index (κ2) is 8.63. The summed E-state index contributed by atoms with van der Waals surface area (Å²) in [4.78, 5) is 39.5. The summed E-state index contributed by atoms with van der Waals surface area (Å²) < 4.78 is 5.40. The molecule has 4 amide bonds. The first-order valence-corrected chi connectivity index (χ1v) is 10.4. The molecule has 8 heteroatoms. The number of ether oxygens (including phenoxy) is 1. The molecule has 1 heterocycles. The van der Waals surface area contributed by atoms with E-state index in [4.69, 9.17) is 4.74 Å². The van der Waals surface area contributed by atoms with Crippen LogP contribution in [0, 0.1) is 19.8 Å². The number of hydrogen-bond acceptors (Lipinski definition) is 5. The molecule has 1 aromatic carbocycles. The molecule has 2 fully saturated rings. The molecule has 1 spiro atoms. The lowest BCUT2D eigenvalue weighted by Gasteiger charge is -2.33. The van der Waals surface area contributed by atoms with Gasteiger partial charge in [-0.25, -0.2) is 4.79 Å². The lowest BCUT2D eigenvalue weighted by molar-refractivity contribution is -0.140. The first kappa shape index (κ1) is 22.1. The number of rotatable bonds is 6. The van der Waals surface area contributed by atoms with E-state index >= 15 is 0 Å². The first-order valence-electron chi connectivity index (χ1n) is 10.4. The van der Waals surface area contributed by atoms with Crippen LogP contribution in [-0.4, -0.2) is 54.0 Å². The first-order chi connectivity index (χ1) is 14.1. The lowest BCUT2D eigenvalue weighted by Crippen LogP contribution is -2.52. The van der Waals surface area contributed by atoms with Gasteiger partial charge in [0.25, 0.3) is 11.8 Å². The zero-order valence-electron chi connectivity index (χ0n) is 18.5. The SMILES string of the molecule is COc1c(C)cc(CN(C)CC(=O)NN2C(=O)NC3(CCC(C)CC3)C2=O)cc1C. The van der Waals surface area contributed by atoms with Crippen molar-refractivity contribution < 1.29 is 19.1 Å². The number of likely N-dealkylation sites (N-methyl/N-ethyl adjacent to an activating group) is 1. The van der Waals surface area contributed by atoms with Crippen LogP contribution in [0.1, 0.15) is 49.3 Å². The number of benzene rings is 1. The molecular weight excluding hydrogens is 384 g/mol. The number of imide groups is 1. The van der Waals surface area contributed by atoms with Gasteiger partial charge in [-0.1, -0.05) is 19.1 Å². The van der Waals surface area contributed by atoms with E-state index in [9.17, 15) is 14.4 Å². The maximum atomic E-state index is 12.8. The summed E-state index contributed by atoms with van der Waals surface area (Å²) in [7, 11) is 3.48. The van der Waals surface area contributed by atoms with Gasteiger partial charge in [-0.05, 0) is 69.2 Å². The maximum absolute atomic E-state index is 12.8. The van der Waals surface area contributed by atoms with Crippen molar-refractivity contribution in [3.05, 3.63) is 28.8 Å². The van der Waals surface area contributed by atoms with Crippen LogP contribution in [0.4, 0.5) is 4.79 Å². The third-order valence-corrected chi connectivity index (χ3v) is 6.12. The van der Waals surface area contributed by atoms with Crippen LogP contribution in [0.5, 0.6) is 5.75 Å². The highest BCUT2D eigenvalue weighted by molar-refractivity contribution is 6.08. The van der Waals surface area contributed by atoms with Gasteiger partial charge in [0.2, 0.25) is 0 Å². The third kappa shape index (κ3) is 4.43. The molecule has 1 aromatic rings. The zero-order valence-corrected chi connectivity index (χ0v) is 18.5. The average Bonchev–Trinajstić information content (AvgIpc) is 2.88. The van der Waals surface area contributed by atoms with Crippen molar-refractivity contribution in [2.45, 2.75) is 58.5 Å². The molecule has 30 heavy (non-hydrogen) atoms. The lowest BCUT2D eigenvalue weighted by atomic mass is 9.77. The van der Waals surface area contributed by atoms with Crippen molar-refractivity contribution in [2.24, 2.45) is 5.92 Å². The third-order valence-electron chi connectivity index (χ3n) is 6.12. The van der Waals surface area contributed by atoms with E-state index in [1.54, 1.807) is 7.11 Å². The Morgan fingerprint density at radius 1 is 1.27 bits per heavy atom. The minimum absolute atomic E-state index is 0.0607. The van der Waals surface area contributed by atoms with E-state index in [0.29, 0.717) is 25.3 Å². The molecule has 164 valence electrons. The highest BCUT2D eigenvalue weighted by Crippen LogP contribution is 2.35. The van der Waals surface area contributed by atoms with E-state index in [1.165, 1.54) is 0 Å². The van der Waals surface area contributed by atoms with Crippen molar-refractivity contribution in [3.8, 4) is 5.75 Å². The molecule has 0 aromatic heterocycles. The van der Waals surface area contributed by atoms with E-state index in [2.05, 4.69) is 17.7 Å². The second-order valence-electron chi connectivity index (χ2n) is 8.81. The summed E-state index contributed by atoms with van der Waals surface area (Å²) in [6, 6.07) is 3.52. The summed E-state index contributed by atoms with van der Waals surface area (Å²) in [5.74, 6) is 0.660. The van der Waals surface area contributed by atoms with E-state index < -0.39 is 17.5 Å². The molecule has 0 atom stereocenters. The Hall–Kier alpha value is -2.61. The van der Waals surface area contributed by atoms with Crippen molar-refractivity contribution in [3.63, 3.8) is 0 Å². The average molecular weight is 417 g/mol. The van der Waals surface area contributed by atoms with Gasteiger partial charge in [0.1, 0.15) is 11.3 Å². The summed E-state index contributed by atoms with van der Waals surface area (Å²) >= 11 is 0. The number of amides is 4. The molecule has 1 aliphatic carbocycles. The zero-order chi connectivity index (χ0) is 22.1. The second-order valence-corrected chi connectivity index (χ2v) is 8.81. The number of aryl methyl sites for hydroxylation is 2. The van der Waals surface area contributed by atoms with Gasteiger partial charge >= 0.3 is 6.03 Å². The van der Waals surface area contributed by atoms with Crippen LogP contribution in [0.3, 0.4) is 0 Å². The predicted molar refractivity (Wildman–Crippen MR) is 113 cm³/mol. The number of nitrogens with zero attached hydrogens (tertiary/aromatic N) is 2. The standard InChI is InChI=1S/C22H32N4O4/c1-14-6-8-22(9-7-14)20(28)26(21(29)23-22)24-18(27)13-25(4)12-17-10-15(2)19(30-5)16(3)11-17/h10-11,14H,6-9,12-13H2,1-5H3,(H,23,29)(H,24,27). The minimum Gasteiger partial charge on any atom is -0.496 e. The normalized spacial score (nSPS) is 23.8. The molecule has 3 rings (SSSR count). The number of methoxy groups -OCH3 is 1. The maximum Gasteiger partial charge on any atom is 0.344 e. The predicted octanol–water partition coefficient (Wildman–Crippen LogP) is 2.28. The summed E-state index contributed by atoms with van der Waals surface area (Å²) in [5, 5.41) is 3.66. The van der Waals surface area contributed by atoms with E-state index in [1.807, 2.05) is 37.9 Å². The molecule has 0 unspecified atom stereocenters. The van der Waals surface area contributed by atoms with Gasteiger partial charge in [0, 0.05) is 6.54 Å². The van der Waals surface area contributed by atoms with Crippen molar-refractivity contribution in [1.82, 2.24) is 20.7 Å². The Labute approximate surface area is 177 Å². The topological polar surface area (TPSA) is 91.0 Å². The number of hydrogen-bond donors (Lipinski definition) is 2. The Morgan fingerprint density at radius 2 is 1.87 bits per heavy atom. The summed E-state index contributed by atoms with van der Waals surface area (Å²) in [5.41, 5.74) is 4.77. The minimum atomic E-state index is -0.860.